The number of nitrogens with two attached hydrogens (primary N) is 1. The number of hydrogen-bond donors (Lipinski definition) is 3. The van der Waals surface area contributed by atoms with Gasteiger partial charge in [-0.2, -0.15) is 4.98 Å². The quantitative estimate of drug-likeness (QED) is 0.244. The molecule has 3 aromatic rings. The molecule has 4 N–H and O–H groups in total. The third-order valence-electron chi connectivity index (χ3n) is 5.88. The standard InChI is InChI=1S/C22H26ClN5O6/c1-11(2)19(13-5-3-4-6-14(13)28(31)32)33-10-12-8-27(17-7-15(30)16(9-29)34-17)21-18(12)20(23)25-22(24)26-21/h3-6,8,11,15-17,19,29-30H,7,9-10H2,1-2H3,(H2,24,25,26)/t15?,16-,17-,19?/m1/s1. The van der Waals surface area contributed by atoms with E-state index in [1.54, 1.807) is 29.0 Å². The van der Waals surface area contributed by atoms with Crippen LogP contribution in [0.4, 0.5) is 11.6 Å². The topological polar surface area (TPSA) is 159 Å². The molecule has 34 heavy (non-hydrogen) atoms. The maximum absolute atomic E-state index is 11.6. The maximum atomic E-state index is 11.6. The van der Waals surface area contributed by atoms with E-state index in [2.05, 4.69) is 9.97 Å². The molecule has 11 nitrogen and oxygen atoms in total. The van der Waals surface area contributed by atoms with Gasteiger partial charge in [0.25, 0.3) is 5.69 Å². The molecule has 1 aromatic carbocycles. The number of nitro benzene ring substituents is 1. The first-order valence-electron chi connectivity index (χ1n) is 10.8. The molecule has 12 heteroatoms. The van der Waals surface area contributed by atoms with E-state index in [1.807, 2.05) is 13.8 Å². The van der Waals surface area contributed by atoms with Crippen LogP contribution in [-0.2, 0) is 16.1 Å². The number of fused-ring (bicyclic) bond motifs is 1. The molecule has 2 aromatic heterocycles. The number of hydrogen-bond acceptors (Lipinski definition) is 9. The van der Waals surface area contributed by atoms with Crippen molar-refractivity contribution >= 4 is 34.3 Å². The molecule has 0 bridgehead atoms. The van der Waals surface area contributed by atoms with E-state index in [1.165, 1.54) is 6.07 Å². The monoisotopic (exact) mass is 491 g/mol. The van der Waals surface area contributed by atoms with Crippen molar-refractivity contribution in [1.29, 1.82) is 0 Å². The average molecular weight is 492 g/mol. The third kappa shape index (κ3) is 4.57. The molecule has 182 valence electrons. The number of aliphatic hydroxyl groups is 2. The van der Waals surface area contributed by atoms with E-state index in [0.29, 0.717) is 22.2 Å². The maximum Gasteiger partial charge on any atom is 0.275 e. The Kier molecular flexibility index (Phi) is 7.01. The van der Waals surface area contributed by atoms with Crippen molar-refractivity contribution in [3.8, 4) is 0 Å². The summed E-state index contributed by atoms with van der Waals surface area (Å²) in [6.45, 7) is 3.58. The van der Waals surface area contributed by atoms with E-state index < -0.39 is 29.5 Å². The molecule has 4 rings (SSSR count). The highest BCUT2D eigenvalue weighted by Gasteiger charge is 2.36. The van der Waals surface area contributed by atoms with Crippen LogP contribution in [0.5, 0.6) is 0 Å². The minimum atomic E-state index is -0.842. The number of aromatic nitrogens is 3. The van der Waals surface area contributed by atoms with Crippen LogP contribution in [0.25, 0.3) is 11.0 Å². The van der Waals surface area contributed by atoms with Gasteiger partial charge in [0, 0.05) is 24.2 Å². The molecular weight excluding hydrogens is 466 g/mol. The summed E-state index contributed by atoms with van der Waals surface area (Å²) < 4.78 is 13.7. The number of halogens is 1. The summed E-state index contributed by atoms with van der Waals surface area (Å²) in [4.78, 5) is 19.5. The van der Waals surface area contributed by atoms with Gasteiger partial charge in [-0.05, 0) is 12.0 Å². The zero-order valence-electron chi connectivity index (χ0n) is 18.7. The Morgan fingerprint density at radius 3 is 2.76 bits per heavy atom. The second-order valence-electron chi connectivity index (χ2n) is 8.54. The van der Waals surface area contributed by atoms with Crippen LogP contribution < -0.4 is 5.73 Å². The van der Waals surface area contributed by atoms with Gasteiger partial charge in [0.05, 0.1) is 41.3 Å². The Morgan fingerprint density at radius 2 is 2.12 bits per heavy atom. The second kappa shape index (κ2) is 9.80. The summed E-state index contributed by atoms with van der Waals surface area (Å²) in [7, 11) is 0. The van der Waals surface area contributed by atoms with Crippen LogP contribution in [0.2, 0.25) is 5.15 Å². The van der Waals surface area contributed by atoms with Gasteiger partial charge in [-0.15, -0.1) is 0 Å². The molecule has 0 spiro atoms. The lowest BCUT2D eigenvalue weighted by Crippen LogP contribution is -2.24. The molecule has 1 aliphatic rings. The predicted molar refractivity (Wildman–Crippen MR) is 124 cm³/mol. The highest BCUT2D eigenvalue weighted by molar-refractivity contribution is 6.34. The van der Waals surface area contributed by atoms with Gasteiger partial charge in [0.2, 0.25) is 5.95 Å². The summed E-state index contributed by atoms with van der Waals surface area (Å²) in [5.74, 6) is -0.0861. The molecule has 2 unspecified atom stereocenters. The van der Waals surface area contributed by atoms with Crippen molar-refractivity contribution in [3.63, 3.8) is 0 Å². The highest BCUT2D eigenvalue weighted by atomic mass is 35.5. The molecule has 0 saturated carbocycles. The molecule has 0 aliphatic carbocycles. The zero-order chi connectivity index (χ0) is 24.6. The van der Waals surface area contributed by atoms with Crippen molar-refractivity contribution in [2.24, 2.45) is 5.92 Å². The fraction of sp³-hybridized carbons (Fsp3) is 0.455. The van der Waals surface area contributed by atoms with Gasteiger partial charge in [-0.25, -0.2) is 4.98 Å². The van der Waals surface area contributed by atoms with Crippen molar-refractivity contribution < 1.29 is 24.6 Å². The predicted octanol–water partition coefficient (Wildman–Crippen LogP) is 3.13. The first-order chi connectivity index (χ1) is 16.2. The largest absolute Gasteiger partial charge is 0.394 e. The number of anilines is 1. The smallest absolute Gasteiger partial charge is 0.275 e. The van der Waals surface area contributed by atoms with Crippen LogP contribution in [0.1, 0.15) is 43.7 Å². The van der Waals surface area contributed by atoms with Gasteiger partial charge in [0.1, 0.15) is 23.1 Å². The number of rotatable bonds is 8. The van der Waals surface area contributed by atoms with Gasteiger partial charge < -0.3 is 30.0 Å². The Morgan fingerprint density at radius 1 is 1.38 bits per heavy atom. The lowest BCUT2D eigenvalue weighted by atomic mass is 9.97. The van der Waals surface area contributed by atoms with Crippen LogP contribution in [0.15, 0.2) is 30.5 Å². The van der Waals surface area contributed by atoms with Crippen molar-refractivity contribution in [2.45, 2.75) is 51.4 Å². The number of nitrogen functional groups attached to an aromatic ring is 1. The lowest BCUT2D eigenvalue weighted by molar-refractivity contribution is -0.386. The molecule has 1 aliphatic heterocycles. The summed E-state index contributed by atoms with van der Waals surface area (Å²) in [6.07, 6.45) is -0.756. The Balaban J connectivity index is 1.70. The van der Waals surface area contributed by atoms with E-state index in [9.17, 15) is 20.3 Å². The number of benzene rings is 1. The minimum Gasteiger partial charge on any atom is -0.394 e. The molecule has 4 atom stereocenters. The van der Waals surface area contributed by atoms with Gasteiger partial charge in [-0.1, -0.05) is 37.6 Å². The average Bonchev–Trinajstić information content (AvgIpc) is 3.34. The number of aliphatic hydroxyl groups excluding tert-OH is 2. The van der Waals surface area contributed by atoms with Gasteiger partial charge >= 0.3 is 0 Å². The molecule has 1 fully saturated rings. The number of nitro groups is 1. The zero-order valence-corrected chi connectivity index (χ0v) is 19.4. The number of ether oxygens (including phenoxy) is 2. The third-order valence-corrected chi connectivity index (χ3v) is 6.16. The lowest BCUT2D eigenvalue weighted by Gasteiger charge is -2.22. The van der Waals surface area contributed by atoms with E-state index in [-0.39, 0.29) is 42.3 Å². The summed E-state index contributed by atoms with van der Waals surface area (Å²) in [5, 5.41) is 31.8. The van der Waals surface area contributed by atoms with E-state index in [4.69, 9.17) is 26.8 Å². The highest BCUT2D eigenvalue weighted by Crippen LogP contribution is 2.38. The van der Waals surface area contributed by atoms with E-state index >= 15 is 0 Å². The van der Waals surface area contributed by atoms with Crippen LogP contribution in [-0.4, -0.2) is 48.5 Å². The molecular formula is C22H26ClN5O6. The minimum absolute atomic E-state index is 0.0128. The summed E-state index contributed by atoms with van der Waals surface area (Å²) >= 11 is 6.41. The summed E-state index contributed by atoms with van der Waals surface area (Å²) in [5.41, 5.74) is 7.32. The van der Waals surface area contributed by atoms with Crippen molar-refractivity contribution in [3.05, 3.63) is 56.9 Å². The van der Waals surface area contributed by atoms with E-state index in [0.717, 1.165) is 0 Å². The fourth-order valence-electron chi connectivity index (χ4n) is 4.29. The molecule has 0 amide bonds. The van der Waals surface area contributed by atoms with Crippen molar-refractivity contribution in [1.82, 2.24) is 14.5 Å². The normalized spacial score (nSPS) is 21.4. The fourth-order valence-corrected chi connectivity index (χ4v) is 4.58. The SMILES string of the molecule is CC(C)C(OCc1cn([C@H]2CC(O)[C@@H](CO)O2)c2nc(N)nc(Cl)c12)c1ccccc1[N+](=O)[O-]. The van der Waals surface area contributed by atoms with Gasteiger partial charge in [0.15, 0.2) is 0 Å². The second-order valence-corrected chi connectivity index (χ2v) is 8.90. The number of para-hydroxylation sites is 1. The molecule has 0 radical (unpaired) electrons. The molecule has 1 saturated heterocycles. The first-order valence-corrected chi connectivity index (χ1v) is 11.2. The first kappa shape index (κ1) is 24.3. The Labute approximate surface area is 200 Å². The Bertz CT molecular complexity index is 1200. The summed E-state index contributed by atoms with van der Waals surface area (Å²) in [6, 6.07) is 6.49. The number of nitrogens with zero attached hydrogens (tertiary/aromatic N) is 4. The van der Waals surface area contributed by atoms with Gasteiger partial charge in [-0.3, -0.25) is 10.1 Å². The van der Waals surface area contributed by atoms with Crippen LogP contribution >= 0.6 is 11.6 Å². The van der Waals surface area contributed by atoms with Crippen molar-refractivity contribution in [2.75, 3.05) is 12.3 Å². The molecule has 3 heterocycles. The van der Waals surface area contributed by atoms with Crippen LogP contribution in [0, 0.1) is 16.0 Å². The Hall–Kier alpha value is -2.83. The van der Waals surface area contributed by atoms with Crippen LogP contribution in [0.3, 0.4) is 0 Å².